The van der Waals surface area contributed by atoms with E-state index in [1.807, 2.05) is 12.1 Å². The van der Waals surface area contributed by atoms with Gasteiger partial charge in [0.15, 0.2) is 0 Å². The van der Waals surface area contributed by atoms with Gasteiger partial charge < -0.3 is 0 Å². The molecule has 0 unspecified atom stereocenters. The van der Waals surface area contributed by atoms with Crippen molar-refractivity contribution in [3.63, 3.8) is 0 Å². The number of anilines is 8. The number of benzene rings is 10. The van der Waals surface area contributed by atoms with Gasteiger partial charge in [0.1, 0.15) is 0 Å². The molecule has 346 valence electrons. The first kappa shape index (κ1) is 42.6. The van der Waals surface area contributed by atoms with Crippen molar-refractivity contribution in [1.82, 2.24) is 0 Å². The summed E-state index contributed by atoms with van der Waals surface area (Å²) in [6.07, 6.45) is 6.16. The number of rotatable bonds is 2. The Morgan fingerprint density at radius 1 is 0.397 bits per heavy atom. The summed E-state index contributed by atoms with van der Waals surface area (Å²) < 4.78 is 9.18. The van der Waals surface area contributed by atoms with Crippen LogP contribution in [0, 0.1) is 31.1 Å². The van der Waals surface area contributed by atoms with E-state index in [-0.39, 0.29) is 0 Å². The fraction of sp³-hybridized carbons (Fsp3) is 0.0149. The number of nitrogens with zero attached hydrogens (tertiary/aromatic N) is 4. The molecular weight excluding hydrogens is 1070 g/mol. The van der Waals surface area contributed by atoms with Crippen molar-refractivity contribution in [3.8, 4) is 80.2 Å². The Bertz CT molecular complexity index is 4150. The minimum atomic E-state index is -1.26. The number of terminal acetylenes is 1. The summed E-state index contributed by atoms with van der Waals surface area (Å²) in [5.74, 6) is 11.6. The second kappa shape index (κ2) is 17.3. The molecule has 0 radical (unpaired) electrons. The summed E-state index contributed by atoms with van der Waals surface area (Å²) in [5.41, 5.74) is 21.1. The molecule has 4 aliphatic rings. The van der Waals surface area contributed by atoms with E-state index in [1.165, 1.54) is 5.56 Å². The van der Waals surface area contributed by atoms with Crippen LogP contribution in [0.3, 0.4) is 0 Å². The van der Waals surface area contributed by atoms with Crippen LogP contribution in [-0.2, 0) is 17.6 Å². The first-order valence-electron chi connectivity index (χ1n) is 24.3. The Labute approximate surface area is 433 Å². The van der Waals surface area contributed by atoms with Gasteiger partial charge in [0.2, 0.25) is 0 Å². The van der Waals surface area contributed by atoms with Crippen LogP contribution in [0.5, 0.6) is 11.5 Å². The van der Waals surface area contributed by atoms with E-state index in [2.05, 4.69) is 263 Å². The number of hydrogen-bond acceptors (Lipinski definition) is 5. The third-order valence-corrected chi connectivity index (χ3v) is 16.9. The van der Waals surface area contributed by atoms with E-state index < -0.39 is 17.6 Å². The zero-order chi connectivity index (χ0) is 48.6. The van der Waals surface area contributed by atoms with Crippen LogP contribution in [0.15, 0.2) is 231 Å². The second-order valence-corrected chi connectivity index (χ2v) is 21.0. The topological polar surface area (TPSA) is 22.2 Å². The van der Waals surface area contributed by atoms with E-state index in [0.29, 0.717) is 0 Å². The van der Waals surface area contributed by atoms with Gasteiger partial charge in [-0.2, -0.15) is 0 Å². The van der Waals surface area contributed by atoms with Crippen LogP contribution >= 0.6 is 0 Å². The number of fused-ring (bicyclic) bond motifs is 22. The van der Waals surface area contributed by atoms with Gasteiger partial charge >= 0.3 is 436 Å². The van der Waals surface area contributed by atoms with E-state index in [0.717, 1.165) is 126 Å². The van der Waals surface area contributed by atoms with Crippen molar-refractivity contribution in [2.45, 2.75) is 6.92 Å². The van der Waals surface area contributed by atoms with Crippen molar-refractivity contribution < 1.29 is 22.4 Å². The molecule has 0 spiro atoms. The molecule has 10 aromatic carbocycles. The molecule has 0 atom stereocenters. The molecule has 0 aromatic heterocycles. The van der Waals surface area contributed by atoms with E-state index in [4.69, 9.17) is 11.2 Å². The summed E-state index contributed by atoms with van der Waals surface area (Å²) in [5, 5.41) is 0. The summed E-state index contributed by atoms with van der Waals surface area (Å²) in [7, 11) is 0. The van der Waals surface area contributed by atoms with E-state index >= 15 is 0 Å². The Hall–Kier alpha value is -9.25. The van der Waals surface area contributed by atoms with Crippen molar-refractivity contribution in [1.29, 1.82) is 0 Å². The van der Waals surface area contributed by atoms with Gasteiger partial charge in [-0.3, -0.25) is 0 Å². The molecule has 0 N–H and O–H groups in total. The zero-order valence-electron chi connectivity index (χ0n) is 39.5. The van der Waals surface area contributed by atoms with Gasteiger partial charge in [0.25, 0.3) is 0 Å². The number of para-hydroxylation sites is 6. The monoisotopic (exact) mass is 1110 g/mol. The van der Waals surface area contributed by atoms with Gasteiger partial charge in [0, 0.05) is 0 Å². The second-order valence-electron chi connectivity index (χ2n) is 18.4. The van der Waals surface area contributed by atoms with Crippen molar-refractivity contribution >= 4 is 53.8 Å². The third kappa shape index (κ3) is 7.17. The van der Waals surface area contributed by atoms with Gasteiger partial charge in [-0.05, 0) is 0 Å². The molecular formula is C67H42N4OPt. The summed E-state index contributed by atoms with van der Waals surface area (Å²) >= 11 is -1.26. The maximum atomic E-state index is 6.88. The van der Waals surface area contributed by atoms with Gasteiger partial charge in [-0.25, -0.2) is 0 Å². The Morgan fingerprint density at radius 2 is 0.808 bits per heavy atom. The van der Waals surface area contributed by atoms with Crippen molar-refractivity contribution in [2.75, 3.05) is 19.6 Å². The van der Waals surface area contributed by atoms with Crippen molar-refractivity contribution in [2.24, 2.45) is 0 Å². The molecule has 0 fully saturated rings. The van der Waals surface area contributed by atoms with Gasteiger partial charge in [-0.15, -0.1) is 0 Å². The quantitative estimate of drug-likeness (QED) is 0.160. The van der Waals surface area contributed by atoms with Crippen LogP contribution in [-0.4, -0.2) is 8.29 Å². The molecule has 0 saturated heterocycles. The van der Waals surface area contributed by atoms with E-state index in [9.17, 15) is 0 Å². The summed E-state index contributed by atoms with van der Waals surface area (Å²) in [6, 6.07) is 83.0. The molecule has 14 rings (SSSR count). The Kier molecular flexibility index (Phi) is 10.1. The third-order valence-electron chi connectivity index (χ3n) is 13.8. The first-order chi connectivity index (χ1) is 36.0. The van der Waals surface area contributed by atoms with Crippen molar-refractivity contribution in [3.05, 3.63) is 253 Å². The van der Waals surface area contributed by atoms with Gasteiger partial charge in [-0.1, -0.05) is 0 Å². The molecule has 0 amide bonds. The normalized spacial score (nSPS) is 13.5. The summed E-state index contributed by atoms with van der Waals surface area (Å²) in [4.78, 5) is 10.1. The SMILES string of the molecule is C#Cc1cccc(-c2cccc3c2N2[C]4=[Pt]=[C]5N(c6cccc(c6)Oc6cccc(c6)N4c4ccccc42)c2ccccc2N5c2c(-c4cccc(C)c4)cccc2-c2cccc(c2)C#Cc2cccc-3c2)c1. The molecule has 10 bridgehead atoms. The van der Waals surface area contributed by atoms with Crippen LogP contribution in [0.4, 0.5) is 45.5 Å². The molecule has 0 saturated carbocycles. The fourth-order valence-electron chi connectivity index (χ4n) is 10.6. The predicted octanol–water partition coefficient (Wildman–Crippen LogP) is 16.0. The standard InChI is InChI=1S/C67H42N4O.Pt/c1-3-47-17-9-21-51(39-47)59-29-15-31-61-53-23-11-19-49(41-53)37-36-48-18-10-22-52(40-48)60-30-14-28-58(50-20-8-16-46(2)38-50)66(60)70-44-68(62-32-4-6-34-64(62)70)54-24-12-26-56(42-54)72-57-27-13-25-55(43-57)69-45-71(67(59)61)65-35-7-5-33-63(65)69;/h1,4-35,38-43H,2H3;. The molecule has 10 aromatic rings. The molecule has 73 heavy (non-hydrogen) atoms. The minimum absolute atomic E-state index is 0.756. The zero-order valence-corrected chi connectivity index (χ0v) is 41.8. The average Bonchev–Trinajstić information content (AvgIpc) is 3.94. The predicted molar refractivity (Wildman–Crippen MR) is 298 cm³/mol. The van der Waals surface area contributed by atoms with Crippen LogP contribution in [0.2, 0.25) is 0 Å². The average molecular weight is 1110 g/mol. The van der Waals surface area contributed by atoms with Crippen LogP contribution in [0.25, 0.3) is 44.5 Å². The molecule has 4 aliphatic heterocycles. The number of ether oxygens (including phenoxy) is 1. The Morgan fingerprint density at radius 3 is 1.29 bits per heavy atom. The van der Waals surface area contributed by atoms with Gasteiger partial charge in [0.05, 0.1) is 0 Å². The maximum absolute atomic E-state index is 6.88. The Balaban J connectivity index is 1.21. The molecule has 0 aliphatic carbocycles. The molecule has 6 heteroatoms. The molecule has 5 nitrogen and oxygen atoms in total. The summed E-state index contributed by atoms with van der Waals surface area (Å²) in [6.45, 7) is 2.17. The van der Waals surface area contributed by atoms with Crippen LogP contribution < -0.4 is 24.3 Å². The number of aryl methyl sites for hydroxylation is 1. The number of hydrogen-bond donors (Lipinski definition) is 0. The first-order valence-corrected chi connectivity index (χ1v) is 26.5. The van der Waals surface area contributed by atoms with Crippen LogP contribution in [0.1, 0.15) is 22.3 Å². The molecule has 4 heterocycles. The fourth-order valence-corrected chi connectivity index (χ4v) is 14.3. The van der Waals surface area contributed by atoms with E-state index in [1.54, 1.807) is 0 Å².